The molecule has 0 bridgehead atoms. The molecule has 4 heteroatoms. The predicted octanol–water partition coefficient (Wildman–Crippen LogP) is 1.78. The molecule has 98 valence electrons. The zero-order valence-electron chi connectivity index (χ0n) is 10.8. The summed E-state index contributed by atoms with van der Waals surface area (Å²) in [5, 5.41) is 6.60. The molecule has 2 rings (SSSR count). The number of carbonyl (C=O) groups excluding carboxylic acids is 1. The van der Waals surface area contributed by atoms with Crippen molar-refractivity contribution >= 4 is 17.7 Å². The van der Waals surface area contributed by atoms with E-state index in [0.717, 1.165) is 32.4 Å². The van der Waals surface area contributed by atoms with Crippen molar-refractivity contribution in [3.05, 3.63) is 0 Å². The Morgan fingerprint density at radius 2 is 2.00 bits per heavy atom. The Labute approximate surface area is 108 Å². The van der Waals surface area contributed by atoms with Gasteiger partial charge in [0.05, 0.1) is 0 Å². The second-order valence-electron chi connectivity index (χ2n) is 5.62. The van der Waals surface area contributed by atoms with Crippen LogP contribution in [0.5, 0.6) is 0 Å². The molecule has 2 heterocycles. The normalized spacial score (nSPS) is 25.5. The van der Waals surface area contributed by atoms with E-state index in [9.17, 15) is 4.79 Å². The van der Waals surface area contributed by atoms with Gasteiger partial charge in [-0.15, -0.1) is 0 Å². The Balaban J connectivity index is 1.75. The van der Waals surface area contributed by atoms with Crippen LogP contribution in [0.4, 0.5) is 0 Å². The molecule has 2 N–H and O–H groups in total. The highest BCUT2D eigenvalue weighted by molar-refractivity contribution is 7.99. The molecule has 2 aliphatic heterocycles. The van der Waals surface area contributed by atoms with E-state index >= 15 is 0 Å². The zero-order valence-corrected chi connectivity index (χ0v) is 11.6. The molecule has 0 atom stereocenters. The van der Waals surface area contributed by atoms with Crippen molar-refractivity contribution < 1.29 is 4.79 Å². The second-order valence-corrected chi connectivity index (χ2v) is 6.84. The maximum atomic E-state index is 12.0. The first-order valence-electron chi connectivity index (χ1n) is 6.77. The molecule has 0 spiro atoms. The van der Waals surface area contributed by atoms with Gasteiger partial charge < -0.3 is 10.6 Å². The number of amides is 1. The third-order valence-electron chi connectivity index (χ3n) is 3.96. The van der Waals surface area contributed by atoms with Gasteiger partial charge in [-0.05, 0) is 63.1 Å². The van der Waals surface area contributed by atoms with E-state index in [1.807, 2.05) is 11.8 Å². The summed E-state index contributed by atoms with van der Waals surface area (Å²) in [6.45, 7) is 4.23. The van der Waals surface area contributed by atoms with Crippen LogP contribution in [-0.2, 0) is 4.79 Å². The number of piperidine rings is 1. The summed E-state index contributed by atoms with van der Waals surface area (Å²) in [5.41, 5.74) is 0.0335. The lowest BCUT2D eigenvalue weighted by molar-refractivity contribution is -0.124. The molecule has 0 aliphatic carbocycles. The van der Waals surface area contributed by atoms with E-state index in [-0.39, 0.29) is 11.4 Å². The Hall–Kier alpha value is -0.220. The van der Waals surface area contributed by atoms with Crippen LogP contribution in [0.1, 0.15) is 39.0 Å². The molecule has 1 amide bonds. The number of thioether (sulfide) groups is 1. The molecular formula is C13H24N2OS. The third kappa shape index (κ3) is 4.18. The van der Waals surface area contributed by atoms with Crippen molar-refractivity contribution in [3.63, 3.8) is 0 Å². The molecule has 0 aromatic heterocycles. The van der Waals surface area contributed by atoms with Crippen molar-refractivity contribution in [1.82, 2.24) is 10.6 Å². The summed E-state index contributed by atoms with van der Waals surface area (Å²) in [4.78, 5) is 12.0. The fourth-order valence-electron chi connectivity index (χ4n) is 2.70. The molecule has 2 saturated heterocycles. The average molecular weight is 256 g/mol. The second kappa shape index (κ2) is 6.10. The van der Waals surface area contributed by atoms with Gasteiger partial charge in [0, 0.05) is 12.0 Å². The van der Waals surface area contributed by atoms with Gasteiger partial charge in [0.15, 0.2) is 0 Å². The van der Waals surface area contributed by atoms with Gasteiger partial charge in [-0.2, -0.15) is 11.8 Å². The first-order chi connectivity index (χ1) is 8.18. The van der Waals surface area contributed by atoms with Gasteiger partial charge >= 0.3 is 0 Å². The molecule has 0 radical (unpaired) electrons. The summed E-state index contributed by atoms with van der Waals surface area (Å²) in [6.07, 6.45) is 5.29. The molecule has 0 aromatic rings. The molecule has 3 nitrogen and oxygen atoms in total. The van der Waals surface area contributed by atoms with Crippen LogP contribution in [0.15, 0.2) is 0 Å². The van der Waals surface area contributed by atoms with E-state index in [1.165, 1.54) is 24.3 Å². The number of nitrogens with one attached hydrogen (secondary N) is 2. The maximum Gasteiger partial charge on any atom is 0.220 e. The highest BCUT2D eigenvalue weighted by Crippen LogP contribution is 2.26. The standard InChI is InChI=1S/C13H24N2OS/c1-13(4-6-14-7-5-13)15-12(16)10-11-2-8-17-9-3-11/h11,14H,2-10H2,1H3,(H,15,16). The third-order valence-corrected chi connectivity index (χ3v) is 5.01. The van der Waals surface area contributed by atoms with Gasteiger partial charge in [0.2, 0.25) is 5.91 Å². The summed E-state index contributed by atoms with van der Waals surface area (Å²) in [5.74, 6) is 3.37. The SMILES string of the molecule is CC1(NC(=O)CC2CCSCC2)CCNCC1. The van der Waals surface area contributed by atoms with Crippen molar-refractivity contribution in [1.29, 1.82) is 0 Å². The quantitative estimate of drug-likeness (QED) is 0.809. The van der Waals surface area contributed by atoms with E-state index in [4.69, 9.17) is 0 Å². The van der Waals surface area contributed by atoms with Gasteiger partial charge in [-0.25, -0.2) is 0 Å². The Morgan fingerprint density at radius 3 is 2.65 bits per heavy atom. The van der Waals surface area contributed by atoms with Crippen LogP contribution < -0.4 is 10.6 Å². The number of rotatable bonds is 3. The Morgan fingerprint density at radius 1 is 1.35 bits per heavy atom. The number of hydrogen-bond donors (Lipinski definition) is 2. The molecular weight excluding hydrogens is 232 g/mol. The number of hydrogen-bond acceptors (Lipinski definition) is 3. The fourth-order valence-corrected chi connectivity index (χ4v) is 3.91. The minimum Gasteiger partial charge on any atom is -0.351 e. The lowest BCUT2D eigenvalue weighted by Gasteiger charge is -2.35. The predicted molar refractivity (Wildman–Crippen MR) is 73.3 cm³/mol. The topological polar surface area (TPSA) is 41.1 Å². The molecule has 2 fully saturated rings. The fraction of sp³-hybridized carbons (Fsp3) is 0.923. The minimum atomic E-state index is 0.0335. The summed E-state index contributed by atoms with van der Waals surface area (Å²) >= 11 is 2.02. The molecule has 0 unspecified atom stereocenters. The van der Waals surface area contributed by atoms with Crippen LogP contribution in [-0.4, -0.2) is 36.0 Å². The van der Waals surface area contributed by atoms with Crippen molar-refractivity contribution in [3.8, 4) is 0 Å². The summed E-state index contributed by atoms with van der Waals surface area (Å²) in [6, 6.07) is 0. The van der Waals surface area contributed by atoms with Crippen molar-refractivity contribution in [2.75, 3.05) is 24.6 Å². The summed E-state index contributed by atoms with van der Waals surface area (Å²) < 4.78 is 0. The molecule has 17 heavy (non-hydrogen) atoms. The monoisotopic (exact) mass is 256 g/mol. The highest BCUT2D eigenvalue weighted by Gasteiger charge is 2.29. The Bertz CT molecular complexity index is 258. The highest BCUT2D eigenvalue weighted by atomic mass is 32.2. The van der Waals surface area contributed by atoms with Crippen LogP contribution in [0, 0.1) is 5.92 Å². The first-order valence-corrected chi connectivity index (χ1v) is 7.93. The maximum absolute atomic E-state index is 12.0. The van der Waals surface area contributed by atoms with E-state index in [1.54, 1.807) is 0 Å². The zero-order chi connectivity index (χ0) is 12.1. The van der Waals surface area contributed by atoms with E-state index in [2.05, 4.69) is 17.6 Å². The van der Waals surface area contributed by atoms with Crippen LogP contribution >= 0.6 is 11.8 Å². The lowest BCUT2D eigenvalue weighted by Crippen LogP contribution is -2.52. The first kappa shape index (κ1) is 13.2. The van der Waals surface area contributed by atoms with Gasteiger partial charge in [-0.1, -0.05) is 0 Å². The molecule has 2 aliphatic rings. The van der Waals surface area contributed by atoms with Gasteiger partial charge in [0.25, 0.3) is 0 Å². The molecule has 0 saturated carbocycles. The Kier molecular flexibility index (Phi) is 4.74. The molecule has 0 aromatic carbocycles. The van der Waals surface area contributed by atoms with E-state index in [0.29, 0.717) is 5.92 Å². The average Bonchev–Trinajstić information content (AvgIpc) is 2.30. The summed E-state index contributed by atoms with van der Waals surface area (Å²) in [7, 11) is 0. The smallest absolute Gasteiger partial charge is 0.220 e. The lowest BCUT2D eigenvalue weighted by atomic mass is 9.89. The van der Waals surface area contributed by atoms with Crippen molar-refractivity contribution in [2.24, 2.45) is 5.92 Å². The number of carbonyl (C=O) groups is 1. The minimum absolute atomic E-state index is 0.0335. The van der Waals surface area contributed by atoms with Crippen LogP contribution in [0.25, 0.3) is 0 Å². The van der Waals surface area contributed by atoms with Gasteiger partial charge in [0.1, 0.15) is 0 Å². The van der Waals surface area contributed by atoms with Crippen molar-refractivity contribution in [2.45, 2.75) is 44.6 Å². The van der Waals surface area contributed by atoms with Crippen LogP contribution in [0.3, 0.4) is 0 Å². The largest absolute Gasteiger partial charge is 0.351 e. The van der Waals surface area contributed by atoms with Crippen LogP contribution in [0.2, 0.25) is 0 Å². The van der Waals surface area contributed by atoms with Gasteiger partial charge in [-0.3, -0.25) is 4.79 Å². The van der Waals surface area contributed by atoms with E-state index < -0.39 is 0 Å².